The summed E-state index contributed by atoms with van der Waals surface area (Å²) >= 11 is 0. The molecule has 1 fully saturated rings. The molecule has 0 aromatic heterocycles. The summed E-state index contributed by atoms with van der Waals surface area (Å²) in [5.41, 5.74) is 1.78. The van der Waals surface area contributed by atoms with E-state index in [2.05, 4.69) is 0 Å². The third-order valence-electron chi connectivity index (χ3n) is 4.74. The van der Waals surface area contributed by atoms with Crippen molar-refractivity contribution in [2.75, 3.05) is 18.8 Å². The summed E-state index contributed by atoms with van der Waals surface area (Å²) < 4.78 is 25.3. The first-order chi connectivity index (χ1) is 12.4. The quantitative estimate of drug-likeness (QED) is 0.778. The van der Waals surface area contributed by atoms with Crippen LogP contribution in [0.15, 0.2) is 54.6 Å². The first kappa shape index (κ1) is 18.3. The normalized spacial score (nSPS) is 19.6. The minimum absolute atomic E-state index is 0.0518. The lowest BCUT2D eigenvalue weighted by Crippen LogP contribution is -2.33. The molecule has 0 aliphatic carbocycles. The lowest BCUT2D eigenvalue weighted by Gasteiger charge is -2.20. The molecule has 1 amide bonds. The first-order valence-corrected chi connectivity index (χ1v) is 10.3. The van der Waals surface area contributed by atoms with Crippen molar-refractivity contribution in [3.8, 4) is 0 Å². The van der Waals surface area contributed by atoms with Gasteiger partial charge in [0.05, 0.1) is 11.0 Å². The van der Waals surface area contributed by atoms with Crippen molar-refractivity contribution in [2.24, 2.45) is 0 Å². The van der Waals surface area contributed by atoms with Crippen molar-refractivity contribution in [1.82, 2.24) is 4.90 Å². The topological polar surface area (TPSA) is 71.5 Å². The number of sulfone groups is 1. The second-order valence-corrected chi connectivity index (χ2v) is 8.78. The first-order valence-electron chi connectivity index (χ1n) is 8.55. The summed E-state index contributed by atoms with van der Waals surface area (Å²) in [6.07, 6.45) is 0.379. The Morgan fingerprint density at radius 3 is 2.15 bits per heavy atom. The number of carbonyl (C=O) groups is 2. The number of carbonyl (C=O) groups excluding carboxylic acids is 2. The molecule has 0 spiro atoms. The minimum Gasteiger partial charge on any atom is -0.338 e. The third-order valence-corrected chi connectivity index (χ3v) is 6.86. The number of amides is 1. The summed E-state index contributed by atoms with van der Waals surface area (Å²) in [6.45, 7) is 2.03. The molecular formula is C20H21NO4S. The van der Waals surface area contributed by atoms with E-state index in [0.717, 1.165) is 5.56 Å². The van der Waals surface area contributed by atoms with Gasteiger partial charge in [0.2, 0.25) is 0 Å². The zero-order chi connectivity index (χ0) is 18.7. The molecule has 1 aliphatic heterocycles. The number of rotatable bonds is 3. The summed E-state index contributed by atoms with van der Waals surface area (Å²) in [7, 11) is -3.32. The molecule has 1 aliphatic rings. The lowest BCUT2D eigenvalue weighted by atomic mass is 10.1. The number of hydrogen-bond donors (Lipinski definition) is 0. The van der Waals surface area contributed by atoms with Crippen molar-refractivity contribution in [3.05, 3.63) is 71.3 Å². The average Bonchev–Trinajstić information content (AvgIpc) is 2.80. The fraction of sp³-hybridized carbons (Fsp3) is 0.300. The van der Waals surface area contributed by atoms with Crippen LogP contribution in [0.4, 0.5) is 0 Å². The molecule has 2 aromatic rings. The van der Waals surface area contributed by atoms with Gasteiger partial charge in [-0.3, -0.25) is 9.59 Å². The van der Waals surface area contributed by atoms with E-state index in [0.29, 0.717) is 24.1 Å². The molecule has 3 rings (SSSR count). The molecule has 1 saturated heterocycles. The Hall–Kier alpha value is -2.47. The van der Waals surface area contributed by atoms with E-state index in [1.807, 2.05) is 30.3 Å². The van der Waals surface area contributed by atoms with Gasteiger partial charge in [-0.1, -0.05) is 42.5 Å². The maximum Gasteiger partial charge on any atom is 0.253 e. The van der Waals surface area contributed by atoms with Gasteiger partial charge in [0.15, 0.2) is 15.6 Å². The molecule has 0 radical (unpaired) electrons. The SMILES string of the molecule is CC(=O)c1ccc(C(=O)N2CCC(c3ccccc3)S(=O)(=O)CC2)cc1. The van der Waals surface area contributed by atoms with Crippen molar-refractivity contribution in [2.45, 2.75) is 18.6 Å². The minimum atomic E-state index is -3.32. The third kappa shape index (κ3) is 3.85. The van der Waals surface area contributed by atoms with Crippen molar-refractivity contribution < 1.29 is 18.0 Å². The Kier molecular flexibility index (Phi) is 5.23. The predicted octanol–water partition coefficient (Wildman–Crippen LogP) is 2.89. The van der Waals surface area contributed by atoms with Crippen LogP contribution in [0.1, 0.15) is 44.9 Å². The smallest absolute Gasteiger partial charge is 0.253 e. The van der Waals surface area contributed by atoms with E-state index in [-0.39, 0.29) is 24.0 Å². The highest BCUT2D eigenvalue weighted by Crippen LogP contribution is 2.29. The molecule has 1 atom stereocenters. The van der Waals surface area contributed by atoms with Crippen LogP contribution in [0.2, 0.25) is 0 Å². The Balaban J connectivity index is 1.79. The van der Waals surface area contributed by atoms with Gasteiger partial charge < -0.3 is 4.90 Å². The maximum atomic E-state index is 12.7. The maximum absolute atomic E-state index is 12.7. The summed E-state index contributed by atoms with van der Waals surface area (Å²) in [6, 6.07) is 15.6. The summed E-state index contributed by atoms with van der Waals surface area (Å²) in [5, 5.41) is -0.582. The van der Waals surface area contributed by atoms with E-state index in [4.69, 9.17) is 0 Å². The zero-order valence-electron chi connectivity index (χ0n) is 14.6. The highest BCUT2D eigenvalue weighted by molar-refractivity contribution is 7.91. The molecule has 5 nitrogen and oxygen atoms in total. The fourth-order valence-corrected chi connectivity index (χ4v) is 5.01. The molecule has 0 saturated carbocycles. The fourth-order valence-electron chi connectivity index (χ4n) is 3.22. The van der Waals surface area contributed by atoms with Crippen LogP contribution in [-0.4, -0.2) is 43.9 Å². The standard InChI is InChI=1S/C20H21NO4S/c1-15(22)16-7-9-18(10-8-16)20(23)21-12-11-19(26(24,25)14-13-21)17-5-3-2-4-6-17/h2-10,19H,11-14H2,1H3. The summed E-state index contributed by atoms with van der Waals surface area (Å²) in [5.74, 6) is -0.316. The molecule has 0 N–H and O–H groups in total. The van der Waals surface area contributed by atoms with Gasteiger partial charge >= 0.3 is 0 Å². The van der Waals surface area contributed by atoms with Crippen LogP contribution < -0.4 is 0 Å². The van der Waals surface area contributed by atoms with Crippen LogP contribution in [0.3, 0.4) is 0 Å². The van der Waals surface area contributed by atoms with Crippen LogP contribution in [0.25, 0.3) is 0 Å². The molecule has 1 heterocycles. The number of hydrogen-bond acceptors (Lipinski definition) is 4. The molecule has 6 heteroatoms. The highest BCUT2D eigenvalue weighted by atomic mass is 32.2. The second-order valence-electron chi connectivity index (χ2n) is 6.48. The molecule has 2 aromatic carbocycles. The van der Waals surface area contributed by atoms with E-state index in [1.54, 1.807) is 29.2 Å². The van der Waals surface area contributed by atoms with Gasteiger partial charge in [0.1, 0.15) is 0 Å². The van der Waals surface area contributed by atoms with E-state index < -0.39 is 15.1 Å². The van der Waals surface area contributed by atoms with E-state index >= 15 is 0 Å². The van der Waals surface area contributed by atoms with Crippen LogP contribution in [0, 0.1) is 0 Å². The van der Waals surface area contributed by atoms with Crippen LogP contribution in [-0.2, 0) is 9.84 Å². The van der Waals surface area contributed by atoms with Gasteiger partial charge in [0, 0.05) is 24.2 Å². The van der Waals surface area contributed by atoms with Crippen LogP contribution in [0.5, 0.6) is 0 Å². The molecule has 0 bridgehead atoms. The Morgan fingerprint density at radius 1 is 0.923 bits per heavy atom. The monoisotopic (exact) mass is 371 g/mol. The Bertz CT molecular complexity index is 905. The van der Waals surface area contributed by atoms with E-state index in [1.165, 1.54) is 6.92 Å². The Morgan fingerprint density at radius 2 is 1.54 bits per heavy atom. The van der Waals surface area contributed by atoms with Gasteiger partial charge in [-0.05, 0) is 31.0 Å². The second kappa shape index (κ2) is 7.41. The van der Waals surface area contributed by atoms with Crippen molar-refractivity contribution in [3.63, 3.8) is 0 Å². The molecule has 136 valence electrons. The van der Waals surface area contributed by atoms with E-state index in [9.17, 15) is 18.0 Å². The number of nitrogens with zero attached hydrogens (tertiary/aromatic N) is 1. The van der Waals surface area contributed by atoms with Crippen molar-refractivity contribution >= 4 is 21.5 Å². The Labute approximate surface area is 153 Å². The predicted molar refractivity (Wildman–Crippen MR) is 99.9 cm³/mol. The van der Waals surface area contributed by atoms with Gasteiger partial charge in [-0.15, -0.1) is 0 Å². The van der Waals surface area contributed by atoms with Gasteiger partial charge in [-0.2, -0.15) is 0 Å². The molecule has 26 heavy (non-hydrogen) atoms. The lowest BCUT2D eigenvalue weighted by molar-refractivity contribution is 0.0766. The number of Topliss-reactive ketones (excluding diaryl/α,β-unsaturated/α-hetero) is 1. The average molecular weight is 371 g/mol. The van der Waals surface area contributed by atoms with Crippen LogP contribution >= 0.6 is 0 Å². The summed E-state index contributed by atoms with van der Waals surface area (Å²) in [4.78, 5) is 25.7. The molecule has 1 unspecified atom stereocenters. The van der Waals surface area contributed by atoms with Gasteiger partial charge in [0.25, 0.3) is 5.91 Å². The number of ketones is 1. The van der Waals surface area contributed by atoms with Crippen molar-refractivity contribution in [1.29, 1.82) is 0 Å². The molecular weight excluding hydrogens is 350 g/mol. The highest BCUT2D eigenvalue weighted by Gasteiger charge is 2.32. The largest absolute Gasteiger partial charge is 0.338 e. The number of benzene rings is 2. The zero-order valence-corrected chi connectivity index (χ0v) is 15.4. The van der Waals surface area contributed by atoms with Gasteiger partial charge in [-0.25, -0.2) is 8.42 Å².